The van der Waals surface area contributed by atoms with Gasteiger partial charge in [-0.1, -0.05) is 27.2 Å². The molecule has 8 nitrogen and oxygen atoms in total. The molecule has 2 aliphatic heterocycles. The maximum atomic E-state index is 13.3. The van der Waals surface area contributed by atoms with Crippen LogP contribution in [-0.4, -0.2) is 68.7 Å². The number of esters is 1. The van der Waals surface area contributed by atoms with Gasteiger partial charge in [0, 0.05) is 11.8 Å². The molecular weight excluding hydrogens is 482 g/mol. The minimum atomic E-state index is -1.36. The number of fused-ring (bicyclic) bond motifs is 1. The van der Waals surface area contributed by atoms with E-state index in [4.69, 9.17) is 9.47 Å². The van der Waals surface area contributed by atoms with Crippen molar-refractivity contribution in [1.82, 2.24) is 4.98 Å². The molecule has 0 saturated carbocycles. The van der Waals surface area contributed by atoms with Crippen LogP contribution in [0.2, 0.25) is 0 Å². The molecule has 2 fully saturated rings. The van der Waals surface area contributed by atoms with Gasteiger partial charge in [-0.2, -0.15) is 0 Å². The predicted molar refractivity (Wildman–Crippen MR) is 137 cm³/mol. The molecule has 3 rings (SSSR count). The van der Waals surface area contributed by atoms with Gasteiger partial charge in [0.1, 0.15) is 11.9 Å². The number of carbonyl (C=O) groups excluding carboxylic acids is 2. The number of aromatic nitrogens is 1. The van der Waals surface area contributed by atoms with Gasteiger partial charge in [0.15, 0.2) is 0 Å². The summed E-state index contributed by atoms with van der Waals surface area (Å²) in [6.07, 6.45) is 1.18. The Morgan fingerprint density at radius 1 is 1.28 bits per heavy atom. The summed E-state index contributed by atoms with van der Waals surface area (Å²) in [6.45, 7) is 10.3. The third-order valence-electron chi connectivity index (χ3n) is 7.95. The fourth-order valence-corrected chi connectivity index (χ4v) is 5.62. The van der Waals surface area contributed by atoms with Gasteiger partial charge >= 0.3 is 5.97 Å². The van der Waals surface area contributed by atoms with Crippen molar-refractivity contribution in [2.45, 2.75) is 104 Å². The van der Waals surface area contributed by atoms with Crippen molar-refractivity contribution >= 4 is 29.2 Å². The molecule has 2 saturated heterocycles. The van der Waals surface area contributed by atoms with E-state index in [0.29, 0.717) is 12.8 Å². The average Bonchev–Trinajstić information content (AvgIpc) is 3.24. The van der Waals surface area contributed by atoms with E-state index in [2.05, 4.69) is 4.98 Å². The minimum Gasteiger partial charge on any atom is -0.458 e. The van der Waals surface area contributed by atoms with Crippen molar-refractivity contribution in [3.05, 3.63) is 21.7 Å². The van der Waals surface area contributed by atoms with Crippen LogP contribution in [-0.2, 0) is 19.1 Å². The second kappa shape index (κ2) is 11.4. The summed E-state index contributed by atoms with van der Waals surface area (Å²) in [4.78, 5) is 30.7. The lowest BCUT2D eigenvalue weighted by Gasteiger charge is -2.35. The molecule has 0 amide bonds. The van der Waals surface area contributed by atoms with E-state index in [-0.39, 0.29) is 24.0 Å². The highest BCUT2D eigenvalue weighted by Gasteiger charge is 2.53. The second-order valence-corrected chi connectivity index (χ2v) is 12.3. The van der Waals surface area contributed by atoms with E-state index in [0.717, 1.165) is 29.1 Å². The van der Waals surface area contributed by atoms with E-state index in [1.807, 2.05) is 39.2 Å². The Kier molecular flexibility index (Phi) is 9.15. The number of nitrogens with zero attached hydrogens (tertiary/aromatic N) is 1. The number of rotatable bonds is 3. The SMILES string of the molecule is CC(=Cc1csc(C)n1)[C@@H]1C[C@@H]2O[C@]2(C)CCC[C@H](C)[C@H](O)[C@@H](CO)C(=O)C(C)(C)[C@@H](O)CC(=O)O1. The Morgan fingerprint density at radius 2 is 1.97 bits per heavy atom. The molecule has 1 aromatic rings. The van der Waals surface area contributed by atoms with Gasteiger partial charge in [-0.05, 0) is 51.2 Å². The van der Waals surface area contributed by atoms with E-state index >= 15 is 0 Å². The molecular formula is C27H41NO7S. The van der Waals surface area contributed by atoms with Gasteiger partial charge in [0.2, 0.25) is 0 Å². The molecule has 7 atom stereocenters. The van der Waals surface area contributed by atoms with Crippen molar-refractivity contribution in [2.24, 2.45) is 17.3 Å². The van der Waals surface area contributed by atoms with Gasteiger partial charge in [-0.3, -0.25) is 9.59 Å². The largest absolute Gasteiger partial charge is 0.458 e. The van der Waals surface area contributed by atoms with Crippen LogP contribution < -0.4 is 0 Å². The van der Waals surface area contributed by atoms with Crippen molar-refractivity contribution in [3.63, 3.8) is 0 Å². The monoisotopic (exact) mass is 523 g/mol. The number of carbonyl (C=O) groups is 2. The highest BCUT2D eigenvalue weighted by Crippen LogP contribution is 2.45. The van der Waals surface area contributed by atoms with Crippen LogP contribution >= 0.6 is 11.3 Å². The maximum Gasteiger partial charge on any atom is 0.309 e. The molecule has 0 unspecified atom stereocenters. The topological polar surface area (TPSA) is 129 Å². The number of ketones is 1. The first-order valence-corrected chi connectivity index (χ1v) is 13.7. The van der Waals surface area contributed by atoms with Crippen molar-refractivity contribution in [2.75, 3.05) is 6.61 Å². The molecule has 1 aromatic heterocycles. The maximum absolute atomic E-state index is 13.3. The number of hydrogen-bond acceptors (Lipinski definition) is 9. The summed E-state index contributed by atoms with van der Waals surface area (Å²) < 4.78 is 11.9. The molecule has 0 radical (unpaired) electrons. The van der Waals surface area contributed by atoms with E-state index in [9.17, 15) is 24.9 Å². The number of aryl methyl sites for hydroxylation is 1. The van der Waals surface area contributed by atoms with Gasteiger partial charge in [-0.25, -0.2) is 4.98 Å². The Labute approximate surface area is 217 Å². The smallest absolute Gasteiger partial charge is 0.309 e. The summed E-state index contributed by atoms with van der Waals surface area (Å²) in [6, 6.07) is 0. The molecule has 0 bridgehead atoms. The van der Waals surface area contributed by atoms with Crippen molar-refractivity contribution in [1.29, 1.82) is 0 Å². The Morgan fingerprint density at radius 3 is 2.58 bits per heavy atom. The van der Waals surface area contributed by atoms with Gasteiger partial charge in [0.25, 0.3) is 0 Å². The Balaban J connectivity index is 1.87. The quantitative estimate of drug-likeness (QED) is 0.406. The molecule has 3 N–H and O–H groups in total. The fraction of sp³-hybridized carbons (Fsp3) is 0.741. The number of aliphatic hydroxyl groups is 3. The van der Waals surface area contributed by atoms with Crippen LogP contribution in [0.4, 0.5) is 0 Å². The summed E-state index contributed by atoms with van der Waals surface area (Å²) in [7, 11) is 0. The number of ether oxygens (including phenoxy) is 2. The van der Waals surface area contributed by atoms with Gasteiger partial charge < -0.3 is 24.8 Å². The van der Waals surface area contributed by atoms with Crippen LogP contribution in [0.1, 0.15) is 77.4 Å². The second-order valence-electron chi connectivity index (χ2n) is 11.3. The first kappa shape index (κ1) is 28.9. The molecule has 36 heavy (non-hydrogen) atoms. The normalized spacial score (nSPS) is 36.8. The van der Waals surface area contributed by atoms with Crippen LogP contribution in [0.25, 0.3) is 6.08 Å². The lowest BCUT2D eigenvalue weighted by molar-refractivity contribution is -0.155. The molecule has 3 heterocycles. The van der Waals surface area contributed by atoms with Crippen molar-refractivity contribution in [3.8, 4) is 0 Å². The molecule has 0 aromatic carbocycles. The van der Waals surface area contributed by atoms with Crippen LogP contribution in [0.15, 0.2) is 11.0 Å². The third-order valence-corrected chi connectivity index (χ3v) is 8.74. The molecule has 0 aliphatic carbocycles. The number of Topliss-reactive ketones (excluding diaryl/α,β-unsaturated/α-hetero) is 1. The molecule has 0 spiro atoms. The molecule has 9 heteroatoms. The van der Waals surface area contributed by atoms with Gasteiger partial charge in [0.05, 0.1) is 59.0 Å². The average molecular weight is 524 g/mol. The van der Waals surface area contributed by atoms with Crippen LogP contribution in [0, 0.1) is 24.2 Å². The highest BCUT2D eigenvalue weighted by molar-refractivity contribution is 7.09. The van der Waals surface area contributed by atoms with E-state index in [1.54, 1.807) is 11.3 Å². The van der Waals surface area contributed by atoms with Crippen molar-refractivity contribution < 1.29 is 34.4 Å². The van der Waals surface area contributed by atoms with E-state index in [1.165, 1.54) is 13.8 Å². The third kappa shape index (κ3) is 6.61. The first-order valence-electron chi connectivity index (χ1n) is 12.8. The number of aliphatic hydroxyl groups excluding tert-OH is 3. The van der Waals surface area contributed by atoms with Crippen LogP contribution in [0.5, 0.6) is 0 Å². The highest BCUT2D eigenvalue weighted by atomic mass is 32.1. The standard InChI is InChI=1S/C27H41NO7S/c1-15-8-7-9-27(6)22(35-27)11-20(16(2)10-18-14-36-17(3)28-18)34-23(31)12-21(30)26(4,5)25(33)19(13-29)24(15)32/h10,14-15,19-22,24,29-30,32H,7-9,11-13H2,1-6H3/t15-,19+,20-,21-,22-,24-,27+/m0/s1. The van der Waals surface area contributed by atoms with Gasteiger partial charge in [-0.15, -0.1) is 11.3 Å². The number of hydrogen-bond donors (Lipinski definition) is 3. The Bertz CT molecular complexity index is 973. The van der Waals surface area contributed by atoms with E-state index < -0.39 is 48.0 Å². The summed E-state index contributed by atoms with van der Waals surface area (Å²) in [5.74, 6) is -2.37. The summed E-state index contributed by atoms with van der Waals surface area (Å²) in [5, 5.41) is 34.6. The molecule has 2 aliphatic rings. The Hall–Kier alpha value is -1.65. The zero-order valence-electron chi connectivity index (χ0n) is 22.2. The fourth-order valence-electron chi connectivity index (χ4n) is 5.05. The van der Waals surface area contributed by atoms with Crippen LogP contribution in [0.3, 0.4) is 0 Å². The number of epoxide rings is 1. The predicted octanol–water partition coefficient (Wildman–Crippen LogP) is 3.45. The zero-order valence-corrected chi connectivity index (χ0v) is 23.0. The zero-order chi connectivity index (χ0) is 26.8. The first-order chi connectivity index (χ1) is 16.8. The lowest BCUT2D eigenvalue weighted by Crippen LogP contribution is -2.48. The minimum absolute atomic E-state index is 0.0860. The lowest BCUT2D eigenvalue weighted by atomic mass is 9.72. The summed E-state index contributed by atoms with van der Waals surface area (Å²) >= 11 is 1.54. The molecule has 202 valence electrons. The number of cyclic esters (lactones) is 1. The summed E-state index contributed by atoms with van der Waals surface area (Å²) in [5.41, 5.74) is -0.0834. The number of thiazole rings is 1.